The summed E-state index contributed by atoms with van der Waals surface area (Å²) in [6.07, 6.45) is 6.68. The standard InChI is InChI=1S/C14H31NO2/c1-5-8-11-15(17-13(4)7-3)14(9-6-2)10-12-16/h13-14,16H,5-12H2,1-4H3. The van der Waals surface area contributed by atoms with Crippen molar-refractivity contribution in [2.45, 2.75) is 78.4 Å². The molecule has 0 spiro atoms. The van der Waals surface area contributed by atoms with E-state index < -0.39 is 0 Å². The molecule has 0 bridgehead atoms. The molecule has 0 saturated carbocycles. The van der Waals surface area contributed by atoms with Crippen LogP contribution in [0.2, 0.25) is 0 Å². The van der Waals surface area contributed by atoms with E-state index in [1.807, 2.05) is 0 Å². The topological polar surface area (TPSA) is 32.7 Å². The van der Waals surface area contributed by atoms with Gasteiger partial charge in [0, 0.05) is 19.2 Å². The van der Waals surface area contributed by atoms with Gasteiger partial charge in [-0.25, -0.2) is 0 Å². The predicted octanol–water partition coefficient (Wildman–Crippen LogP) is 3.37. The molecular weight excluding hydrogens is 214 g/mol. The molecule has 0 heterocycles. The van der Waals surface area contributed by atoms with Gasteiger partial charge < -0.3 is 5.11 Å². The van der Waals surface area contributed by atoms with Crippen LogP contribution < -0.4 is 0 Å². The number of aliphatic hydroxyl groups excluding tert-OH is 1. The molecule has 0 aliphatic rings. The summed E-state index contributed by atoms with van der Waals surface area (Å²) in [4.78, 5) is 5.99. The third kappa shape index (κ3) is 7.74. The number of nitrogens with zero attached hydrogens (tertiary/aromatic N) is 1. The maximum atomic E-state index is 9.15. The molecule has 2 atom stereocenters. The molecule has 0 aliphatic heterocycles. The number of unbranched alkanes of at least 4 members (excludes halogenated alkanes) is 1. The zero-order valence-corrected chi connectivity index (χ0v) is 12.1. The van der Waals surface area contributed by atoms with E-state index in [9.17, 15) is 0 Å². The summed E-state index contributed by atoms with van der Waals surface area (Å²) in [5, 5.41) is 11.3. The lowest BCUT2D eigenvalue weighted by molar-refractivity contribution is -0.221. The van der Waals surface area contributed by atoms with Crippen LogP contribution in [0, 0.1) is 0 Å². The third-order valence-corrected chi connectivity index (χ3v) is 3.11. The van der Waals surface area contributed by atoms with Crippen molar-refractivity contribution < 1.29 is 9.94 Å². The van der Waals surface area contributed by atoms with E-state index in [4.69, 9.17) is 9.94 Å². The highest BCUT2D eigenvalue weighted by atomic mass is 16.7. The van der Waals surface area contributed by atoms with Gasteiger partial charge in [-0.3, -0.25) is 4.84 Å². The van der Waals surface area contributed by atoms with Gasteiger partial charge in [-0.15, -0.1) is 0 Å². The fourth-order valence-corrected chi connectivity index (χ4v) is 1.86. The highest BCUT2D eigenvalue weighted by Gasteiger charge is 2.19. The van der Waals surface area contributed by atoms with Gasteiger partial charge in [-0.1, -0.05) is 33.6 Å². The van der Waals surface area contributed by atoms with Gasteiger partial charge >= 0.3 is 0 Å². The first-order valence-electron chi connectivity index (χ1n) is 7.23. The molecule has 0 amide bonds. The lowest BCUT2D eigenvalue weighted by Crippen LogP contribution is -2.39. The normalized spacial score (nSPS) is 15.2. The van der Waals surface area contributed by atoms with Crippen molar-refractivity contribution in [3.8, 4) is 0 Å². The molecular formula is C14H31NO2. The van der Waals surface area contributed by atoms with Crippen molar-refractivity contribution in [2.75, 3.05) is 13.2 Å². The van der Waals surface area contributed by atoms with E-state index in [1.165, 1.54) is 6.42 Å². The van der Waals surface area contributed by atoms with Crippen LogP contribution in [-0.2, 0) is 4.84 Å². The summed E-state index contributed by atoms with van der Waals surface area (Å²) in [5.41, 5.74) is 0. The summed E-state index contributed by atoms with van der Waals surface area (Å²) < 4.78 is 0. The van der Waals surface area contributed by atoms with Gasteiger partial charge in [0.05, 0.1) is 6.10 Å². The predicted molar refractivity (Wildman–Crippen MR) is 72.9 cm³/mol. The summed E-state index contributed by atoms with van der Waals surface area (Å²) in [6.45, 7) is 9.86. The third-order valence-electron chi connectivity index (χ3n) is 3.11. The fourth-order valence-electron chi connectivity index (χ4n) is 1.86. The monoisotopic (exact) mass is 245 g/mol. The molecule has 2 unspecified atom stereocenters. The number of rotatable bonds is 11. The van der Waals surface area contributed by atoms with Crippen molar-refractivity contribution >= 4 is 0 Å². The molecule has 0 fully saturated rings. The van der Waals surface area contributed by atoms with Gasteiger partial charge in [-0.2, -0.15) is 5.06 Å². The Kier molecular flexibility index (Phi) is 10.9. The van der Waals surface area contributed by atoms with Crippen LogP contribution in [0.4, 0.5) is 0 Å². The number of hydrogen-bond donors (Lipinski definition) is 1. The van der Waals surface area contributed by atoms with Gasteiger partial charge in [0.15, 0.2) is 0 Å². The lowest BCUT2D eigenvalue weighted by atomic mass is 10.1. The molecule has 0 aromatic rings. The smallest absolute Gasteiger partial charge is 0.0762 e. The second-order valence-corrected chi connectivity index (χ2v) is 4.77. The second-order valence-electron chi connectivity index (χ2n) is 4.77. The van der Waals surface area contributed by atoms with Crippen LogP contribution in [0.3, 0.4) is 0 Å². The minimum Gasteiger partial charge on any atom is -0.396 e. The van der Waals surface area contributed by atoms with Crippen LogP contribution in [0.1, 0.15) is 66.2 Å². The summed E-state index contributed by atoms with van der Waals surface area (Å²) in [7, 11) is 0. The average Bonchev–Trinajstić information content (AvgIpc) is 2.34. The fraction of sp³-hybridized carbons (Fsp3) is 1.00. The van der Waals surface area contributed by atoms with Crippen LogP contribution in [0.15, 0.2) is 0 Å². The Hall–Kier alpha value is -0.120. The van der Waals surface area contributed by atoms with E-state index >= 15 is 0 Å². The number of hydrogen-bond acceptors (Lipinski definition) is 3. The Morgan fingerprint density at radius 1 is 1.12 bits per heavy atom. The molecule has 1 N–H and O–H groups in total. The SMILES string of the molecule is CCCCN(OC(C)CC)C(CCC)CCO. The molecule has 0 aliphatic carbocycles. The van der Waals surface area contributed by atoms with Crippen LogP contribution in [-0.4, -0.2) is 35.5 Å². The lowest BCUT2D eigenvalue weighted by Gasteiger charge is -2.32. The molecule has 3 nitrogen and oxygen atoms in total. The molecule has 3 heteroatoms. The molecule has 0 aromatic carbocycles. The molecule has 0 radical (unpaired) electrons. The maximum Gasteiger partial charge on any atom is 0.0762 e. The first-order chi connectivity index (χ1) is 8.19. The van der Waals surface area contributed by atoms with Crippen molar-refractivity contribution in [2.24, 2.45) is 0 Å². The highest BCUT2D eigenvalue weighted by molar-refractivity contribution is 4.66. The minimum absolute atomic E-state index is 0.247. The Bertz CT molecular complexity index is 158. The van der Waals surface area contributed by atoms with Gasteiger partial charge in [0.25, 0.3) is 0 Å². The Morgan fingerprint density at radius 2 is 1.82 bits per heavy atom. The first-order valence-corrected chi connectivity index (χ1v) is 7.23. The summed E-state index contributed by atoms with van der Waals surface area (Å²) in [6, 6.07) is 0.366. The Balaban J connectivity index is 4.35. The second kappa shape index (κ2) is 11.0. The number of aliphatic hydroxyl groups is 1. The van der Waals surface area contributed by atoms with Gasteiger partial charge in [-0.05, 0) is 32.6 Å². The molecule has 0 aromatic heterocycles. The summed E-state index contributed by atoms with van der Waals surface area (Å²) in [5.74, 6) is 0. The van der Waals surface area contributed by atoms with E-state index in [1.54, 1.807) is 0 Å². The van der Waals surface area contributed by atoms with Crippen molar-refractivity contribution in [1.82, 2.24) is 5.06 Å². The Morgan fingerprint density at radius 3 is 2.29 bits per heavy atom. The van der Waals surface area contributed by atoms with Crippen LogP contribution in [0.5, 0.6) is 0 Å². The van der Waals surface area contributed by atoms with E-state index in [-0.39, 0.29) is 12.7 Å². The van der Waals surface area contributed by atoms with Gasteiger partial charge in [0.2, 0.25) is 0 Å². The van der Waals surface area contributed by atoms with E-state index in [0.29, 0.717) is 6.04 Å². The maximum absolute atomic E-state index is 9.15. The largest absolute Gasteiger partial charge is 0.396 e. The molecule has 104 valence electrons. The van der Waals surface area contributed by atoms with Crippen LogP contribution in [0.25, 0.3) is 0 Å². The van der Waals surface area contributed by atoms with Crippen LogP contribution >= 0.6 is 0 Å². The van der Waals surface area contributed by atoms with E-state index in [0.717, 1.165) is 38.6 Å². The molecule has 0 saturated heterocycles. The van der Waals surface area contributed by atoms with E-state index in [2.05, 4.69) is 32.8 Å². The summed E-state index contributed by atoms with van der Waals surface area (Å²) >= 11 is 0. The average molecular weight is 245 g/mol. The minimum atomic E-state index is 0.247. The Labute approximate surface area is 107 Å². The number of hydroxylamine groups is 2. The van der Waals surface area contributed by atoms with Crippen molar-refractivity contribution in [3.05, 3.63) is 0 Å². The molecule has 17 heavy (non-hydrogen) atoms. The quantitative estimate of drug-likeness (QED) is 0.566. The first kappa shape index (κ1) is 16.9. The zero-order chi connectivity index (χ0) is 13.1. The van der Waals surface area contributed by atoms with Crippen molar-refractivity contribution in [3.63, 3.8) is 0 Å². The molecule has 0 rings (SSSR count). The zero-order valence-electron chi connectivity index (χ0n) is 12.1. The van der Waals surface area contributed by atoms with Crippen molar-refractivity contribution in [1.29, 1.82) is 0 Å². The highest BCUT2D eigenvalue weighted by Crippen LogP contribution is 2.15. The van der Waals surface area contributed by atoms with Gasteiger partial charge in [0.1, 0.15) is 0 Å².